The summed E-state index contributed by atoms with van der Waals surface area (Å²) in [6.07, 6.45) is 5.98. The molecule has 0 unspecified atom stereocenters. The van der Waals surface area contributed by atoms with Gasteiger partial charge in [-0.2, -0.15) is 0 Å². The first kappa shape index (κ1) is 7.27. The summed E-state index contributed by atoms with van der Waals surface area (Å²) in [7, 11) is 0. The highest BCUT2D eigenvalue weighted by Gasteiger charge is 1.77. The Labute approximate surface area is 54.0 Å². The molecule has 0 aliphatic carbocycles. The summed E-state index contributed by atoms with van der Waals surface area (Å²) in [5.74, 6) is 0. The van der Waals surface area contributed by atoms with Gasteiger partial charge < -0.3 is 0 Å². The first-order valence-corrected chi connectivity index (χ1v) is 4.44. The maximum Gasteiger partial charge on any atom is 0.211 e. The number of rotatable bonds is 4. The third kappa shape index (κ3) is 6.27. The summed E-state index contributed by atoms with van der Waals surface area (Å²) in [5, 5.41) is 1.45. The topological polar surface area (TPSA) is 0 Å². The van der Waals surface area contributed by atoms with Crippen LogP contribution in [0.1, 0.15) is 19.3 Å². The van der Waals surface area contributed by atoms with Gasteiger partial charge in [-0.1, -0.05) is 18.9 Å². The number of hydrogen-bond donors (Lipinski definition) is 0. The van der Waals surface area contributed by atoms with Crippen LogP contribution in [0.3, 0.4) is 0 Å². The molecule has 0 saturated carbocycles. The fraction of sp³-hybridized carbons (Fsp3) is 0.667. The zero-order valence-corrected chi connectivity index (χ0v) is 7.11. The average Bonchev–Trinajstić information content (AvgIpc) is 1.69. The van der Waals surface area contributed by atoms with Crippen molar-refractivity contribution in [2.24, 2.45) is 0 Å². The maximum absolute atomic E-state index is 3.64. The highest BCUT2D eigenvalue weighted by molar-refractivity contribution is 6.08. The first-order valence-electron chi connectivity index (χ1n) is 3.02. The minimum Gasteiger partial charge on any atom is -0.103 e. The predicted molar refractivity (Wildman–Crippen MR) is 37.4 cm³/mol. The summed E-state index contributed by atoms with van der Waals surface area (Å²) in [4.78, 5) is 0. The van der Waals surface area contributed by atoms with Gasteiger partial charge >= 0.3 is 0 Å². The van der Waals surface area contributed by atoms with Crippen molar-refractivity contribution in [1.82, 2.24) is 0 Å². The van der Waals surface area contributed by atoms with E-state index in [4.69, 9.17) is 0 Å². The molecule has 0 fully saturated rings. The quantitative estimate of drug-likeness (QED) is 0.293. The van der Waals surface area contributed by atoms with Gasteiger partial charge in [0.15, 0.2) is 0 Å². The van der Waals surface area contributed by atoms with E-state index in [1.54, 1.807) is 0 Å². The lowest BCUT2D eigenvalue weighted by molar-refractivity contribution is 0.814. The lowest BCUT2D eigenvalue weighted by atomic mass is 10.2. The second kappa shape index (κ2) is 6.27. The van der Waals surface area contributed by atoms with Crippen LogP contribution in [0.4, 0.5) is 0 Å². The highest BCUT2D eigenvalue weighted by Crippen LogP contribution is 1.96. The van der Waals surface area contributed by atoms with Crippen molar-refractivity contribution in [3.63, 3.8) is 0 Å². The van der Waals surface area contributed by atoms with Crippen LogP contribution in [-0.2, 0) is 0 Å². The van der Waals surface area contributed by atoms with Gasteiger partial charge in [-0.25, -0.2) is 0 Å². The van der Waals surface area contributed by atoms with E-state index in [9.17, 15) is 0 Å². The van der Waals surface area contributed by atoms with E-state index in [2.05, 4.69) is 6.58 Å². The monoisotopic (exact) mass is 112 g/mol. The fourth-order valence-corrected chi connectivity index (χ4v) is 1.04. The highest BCUT2D eigenvalue weighted by atomic mass is 27.0. The van der Waals surface area contributed by atoms with Crippen LogP contribution in [0.2, 0.25) is 5.28 Å². The van der Waals surface area contributed by atoms with Crippen LogP contribution in [0, 0.1) is 0 Å². The van der Waals surface area contributed by atoms with Gasteiger partial charge in [0.1, 0.15) is 0 Å². The molecular weight excluding hydrogens is 99.0 g/mol. The lowest BCUT2D eigenvalue weighted by Crippen LogP contribution is -1.70. The van der Waals surface area contributed by atoms with Crippen LogP contribution in [0.25, 0.3) is 0 Å². The van der Waals surface area contributed by atoms with Crippen molar-refractivity contribution in [3.8, 4) is 0 Å². The van der Waals surface area contributed by atoms with Crippen LogP contribution in [0.5, 0.6) is 0 Å². The smallest absolute Gasteiger partial charge is 0.103 e. The Bertz CT molecular complexity index is 41.4. The Hall–Kier alpha value is 0.272. The van der Waals surface area contributed by atoms with Gasteiger partial charge in [0, 0.05) is 0 Å². The molecule has 0 aromatic heterocycles. The SMILES string of the molecule is C=CCCC[CH2][AlH2]. The summed E-state index contributed by atoms with van der Waals surface area (Å²) in [5.41, 5.74) is 0. The van der Waals surface area contributed by atoms with Crippen molar-refractivity contribution in [3.05, 3.63) is 12.7 Å². The summed E-state index contributed by atoms with van der Waals surface area (Å²) < 4.78 is 0. The van der Waals surface area contributed by atoms with Crippen molar-refractivity contribution < 1.29 is 0 Å². The van der Waals surface area contributed by atoms with E-state index in [1.807, 2.05) is 6.08 Å². The molecule has 0 heterocycles. The first-order chi connectivity index (χ1) is 3.41. The molecule has 0 radical (unpaired) electrons. The molecule has 0 N–H and O–H groups in total. The van der Waals surface area contributed by atoms with E-state index in [-0.39, 0.29) is 0 Å². The molecule has 1 heteroatoms. The molecule has 0 atom stereocenters. The third-order valence-corrected chi connectivity index (χ3v) is 1.72. The Kier molecular flexibility index (Phi) is 6.52. The molecule has 0 aliphatic heterocycles. The standard InChI is InChI=1S/C6H11.Al.2H/c1-3-5-6-4-2;;;/h3H,1-2,4-6H2;;;. The zero-order chi connectivity index (χ0) is 5.54. The second-order valence-corrected chi connectivity index (χ2v) is 2.78. The van der Waals surface area contributed by atoms with E-state index in [0.717, 1.165) is 0 Å². The molecule has 0 bridgehead atoms. The number of allylic oxidation sites excluding steroid dienone is 1. The Morgan fingerprint density at radius 3 is 2.57 bits per heavy atom. The third-order valence-electron chi connectivity index (χ3n) is 1.01. The average molecular weight is 112 g/mol. The molecular formula is C6H13Al. The largest absolute Gasteiger partial charge is 0.211 e. The normalized spacial score (nSPS) is 8.57. The molecule has 0 aromatic rings. The van der Waals surface area contributed by atoms with E-state index >= 15 is 0 Å². The van der Waals surface area contributed by atoms with Gasteiger partial charge in [-0.15, -0.1) is 11.9 Å². The summed E-state index contributed by atoms with van der Waals surface area (Å²) in [6, 6.07) is 0. The predicted octanol–water partition coefficient (Wildman–Crippen LogP) is 1.39. The Balaban J connectivity index is 2.56. The van der Waals surface area contributed by atoms with Gasteiger partial charge in [0.05, 0.1) is 0 Å². The molecule has 0 saturated heterocycles. The molecule has 0 aromatic carbocycles. The molecule has 0 rings (SSSR count). The lowest BCUT2D eigenvalue weighted by Gasteiger charge is -1.87. The van der Waals surface area contributed by atoms with E-state index in [1.165, 1.54) is 40.8 Å². The van der Waals surface area contributed by atoms with Gasteiger partial charge in [0.2, 0.25) is 16.3 Å². The maximum atomic E-state index is 3.64. The molecule has 0 spiro atoms. The molecule has 0 nitrogen and oxygen atoms in total. The zero-order valence-electron chi connectivity index (χ0n) is 5.11. The van der Waals surface area contributed by atoms with E-state index < -0.39 is 0 Å². The van der Waals surface area contributed by atoms with Crippen molar-refractivity contribution in [2.75, 3.05) is 0 Å². The van der Waals surface area contributed by atoms with Crippen LogP contribution >= 0.6 is 0 Å². The van der Waals surface area contributed by atoms with Gasteiger partial charge in [0.25, 0.3) is 0 Å². The number of unbranched alkanes of at least 4 members (excludes halogenated alkanes) is 2. The van der Waals surface area contributed by atoms with Gasteiger partial charge in [-0.05, 0) is 6.42 Å². The fourth-order valence-electron chi connectivity index (χ4n) is 0.539. The minimum absolute atomic E-state index is 1.21. The summed E-state index contributed by atoms with van der Waals surface area (Å²) in [6.45, 7) is 3.64. The van der Waals surface area contributed by atoms with Crippen molar-refractivity contribution in [2.45, 2.75) is 24.5 Å². The molecule has 0 aliphatic rings. The molecule has 7 heavy (non-hydrogen) atoms. The van der Waals surface area contributed by atoms with E-state index in [0.29, 0.717) is 0 Å². The molecule has 40 valence electrons. The Morgan fingerprint density at radius 1 is 1.43 bits per heavy atom. The van der Waals surface area contributed by atoms with Crippen LogP contribution < -0.4 is 0 Å². The number of hydrogen-bond acceptors (Lipinski definition) is 0. The van der Waals surface area contributed by atoms with Crippen LogP contribution in [0.15, 0.2) is 12.7 Å². The Morgan fingerprint density at radius 2 is 2.14 bits per heavy atom. The van der Waals surface area contributed by atoms with Crippen LogP contribution in [-0.4, -0.2) is 16.3 Å². The van der Waals surface area contributed by atoms with Crippen molar-refractivity contribution >= 4 is 16.3 Å². The second-order valence-electron chi connectivity index (χ2n) is 1.78. The minimum atomic E-state index is 1.21. The van der Waals surface area contributed by atoms with Crippen molar-refractivity contribution in [1.29, 1.82) is 0 Å². The van der Waals surface area contributed by atoms with Gasteiger partial charge in [-0.3, -0.25) is 0 Å². The summed E-state index contributed by atoms with van der Waals surface area (Å²) >= 11 is 1.37. The molecule has 0 amide bonds.